The predicted molar refractivity (Wildman–Crippen MR) is 52.9 cm³/mol. The standard InChI is InChI=1S/C8H9NO2S2/c1-3-7-6-4-5-12-8(6)13(10,11)9(7)2/h3-5H,1-2H3/b7-3-. The third kappa shape index (κ3) is 0.971. The van der Waals surface area contributed by atoms with Gasteiger partial charge in [-0.3, -0.25) is 4.31 Å². The second-order valence-electron chi connectivity index (χ2n) is 2.77. The molecule has 70 valence electrons. The molecule has 0 fully saturated rings. The van der Waals surface area contributed by atoms with Crippen molar-refractivity contribution in [1.29, 1.82) is 0 Å². The van der Waals surface area contributed by atoms with Gasteiger partial charge in [0.2, 0.25) is 0 Å². The zero-order valence-electron chi connectivity index (χ0n) is 7.31. The summed E-state index contributed by atoms with van der Waals surface area (Å²) in [4.78, 5) is 0. The van der Waals surface area contributed by atoms with Gasteiger partial charge in [-0.25, -0.2) is 8.42 Å². The van der Waals surface area contributed by atoms with Crippen molar-refractivity contribution in [2.75, 3.05) is 7.05 Å². The summed E-state index contributed by atoms with van der Waals surface area (Å²) < 4.78 is 25.2. The number of hydrogen-bond acceptors (Lipinski definition) is 3. The van der Waals surface area contributed by atoms with Gasteiger partial charge in [0.25, 0.3) is 10.0 Å². The highest BCUT2D eigenvalue weighted by atomic mass is 32.2. The van der Waals surface area contributed by atoms with Crippen LogP contribution in [0.2, 0.25) is 0 Å². The molecule has 2 heterocycles. The Hall–Kier alpha value is -0.810. The van der Waals surface area contributed by atoms with E-state index < -0.39 is 10.0 Å². The molecule has 0 unspecified atom stereocenters. The van der Waals surface area contributed by atoms with E-state index in [0.29, 0.717) is 4.21 Å². The SMILES string of the molecule is C/C=C1/c2ccsc2S(=O)(=O)N1C. The van der Waals surface area contributed by atoms with E-state index in [1.807, 2.05) is 19.1 Å². The molecule has 0 spiro atoms. The van der Waals surface area contributed by atoms with Crippen LogP contribution in [-0.2, 0) is 10.0 Å². The first-order valence-electron chi connectivity index (χ1n) is 3.82. The van der Waals surface area contributed by atoms with Crippen LogP contribution in [0.1, 0.15) is 12.5 Å². The highest BCUT2D eigenvalue weighted by molar-refractivity contribution is 7.92. The molecule has 0 aliphatic carbocycles. The summed E-state index contributed by atoms with van der Waals surface area (Å²) in [7, 11) is -1.64. The van der Waals surface area contributed by atoms with E-state index in [1.165, 1.54) is 15.6 Å². The average Bonchev–Trinajstić information content (AvgIpc) is 2.59. The minimum absolute atomic E-state index is 0.461. The molecule has 0 atom stereocenters. The minimum atomic E-state index is -3.22. The van der Waals surface area contributed by atoms with E-state index in [9.17, 15) is 8.42 Å². The summed E-state index contributed by atoms with van der Waals surface area (Å²) in [5.41, 5.74) is 1.60. The van der Waals surface area contributed by atoms with E-state index in [-0.39, 0.29) is 0 Å². The second-order valence-corrected chi connectivity index (χ2v) is 5.85. The molecule has 3 nitrogen and oxygen atoms in total. The van der Waals surface area contributed by atoms with E-state index in [0.717, 1.165) is 11.3 Å². The molecule has 0 saturated heterocycles. The number of rotatable bonds is 0. The van der Waals surface area contributed by atoms with Gasteiger partial charge in [-0.15, -0.1) is 11.3 Å². The Labute approximate surface area is 81.4 Å². The summed E-state index contributed by atoms with van der Waals surface area (Å²) >= 11 is 1.27. The molecular formula is C8H9NO2S2. The van der Waals surface area contributed by atoms with Gasteiger partial charge in [0, 0.05) is 12.6 Å². The van der Waals surface area contributed by atoms with Gasteiger partial charge >= 0.3 is 0 Å². The number of fused-ring (bicyclic) bond motifs is 1. The Balaban J connectivity index is 2.80. The number of sulfonamides is 1. The van der Waals surface area contributed by atoms with Crippen LogP contribution in [0.3, 0.4) is 0 Å². The molecule has 0 saturated carbocycles. The summed E-state index contributed by atoms with van der Waals surface area (Å²) in [6.07, 6.45) is 1.82. The van der Waals surface area contributed by atoms with Gasteiger partial charge < -0.3 is 0 Å². The fraction of sp³-hybridized carbons (Fsp3) is 0.250. The highest BCUT2D eigenvalue weighted by Gasteiger charge is 2.36. The van der Waals surface area contributed by atoms with Gasteiger partial charge in [-0.05, 0) is 18.4 Å². The molecule has 1 aliphatic rings. The van der Waals surface area contributed by atoms with Crippen molar-refractivity contribution in [3.05, 3.63) is 23.1 Å². The summed E-state index contributed by atoms with van der Waals surface area (Å²) in [5, 5.41) is 1.80. The molecule has 5 heteroatoms. The first-order valence-corrected chi connectivity index (χ1v) is 6.14. The summed E-state index contributed by atoms with van der Waals surface area (Å²) in [5.74, 6) is 0. The van der Waals surface area contributed by atoms with Crippen LogP contribution in [0.15, 0.2) is 21.7 Å². The van der Waals surface area contributed by atoms with Crippen LogP contribution < -0.4 is 0 Å². The Morgan fingerprint density at radius 1 is 1.54 bits per heavy atom. The maximum atomic E-state index is 11.7. The molecule has 0 radical (unpaired) electrons. The molecule has 0 bridgehead atoms. The lowest BCUT2D eigenvalue weighted by molar-refractivity contribution is 0.556. The van der Waals surface area contributed by atoms with E-state index >= 15 is 0 Å². The lowest BCUT2D eigenvalue weighted by Crippen LogP contribution is -2.17. The van der Waals surface area contributed by atoms with Gasteiger partial charge in [0.1, 0.15) is 4.21 Å². The number of thiophene rings is 1. The van der Waals surface area contributed by atoms with Gasteiger partial charge in [-0.2, -0.15) is 0 Å². The minimum Gasteiger partial charge on any atom is -0.268 e. The molecule has 1 aromatic heterocycles. The topological polar surface area (TPSA) is 37.4 Å². The van der Waals surface area contributed by atoms with Gasteiger partial charge in [0.05, 0.1) is 5.70 Å². The zero-order chi connectivity index (χ0) is 9.64. The maximum Gasteiger partial charge on any atom is 0.274 e. The van der Waals surface area contributed by atoms with Crippen LogP contribution in [0.5, 0.6) is 0 Å². The van der Waals surface area contributed by atoms with Gasteiger partial charge in [0.15, 0.2) is 0 Å². The molecule has 13 heavy (non-hydrogen) atoms. The second kappa shape index (κ2) is 2.59. The Kier molecular flexibility index (Phi) is 1.75. The fourth-order valence-electron chi connectivity index (χ4n) is 1.45. The third-order valence-electron chi connectivity index (χ3n) is 2.11. The van der Waals surface area contributed by atoms with Crippen LogP contribution in [0, 0.1) is 0 Å². The van der Waals surface area contributed by atoms with Crippen molar-refractivity contribution in [2.24, 2.45) is 0 Å². The average molecular weight is 215 g/mol. The number of allylic oxidation sites excluding steroid dienone is 1. The van der Waals surface area contributed by atoms with Crippen molar-refractivity contribution < 1.29 is 8.42 Å². The van der Waals surface area contributed by atoms with E-state index in [2.05, 4.69) is 0 Å². The molecular weight excluding hydrogens is 206 g/mol. The normalized spacial score (nSPS) is 22.3. The van der Waals surface area contributed by atoms with Crippen LogP contribution in [-0.4, -0.2) is 19.8 Å². The monoisotopic (exact) mass is 215 g/mol. The quantitative estimate of drug-likeness (QED) is 0.661. The zero-order valence-corrected chi connectivity index (χ0v) is 8.95. The van der Waals surface area contributed by atoms with Crippen LogP contribution in [0.4, 0.5) is 0 Å². The summed E-state index contributed by atoms with van der Waals surface area (Å²) in [6, 6.07) is 1.84. The Morgan fingerprint density at radius 2 is 2.23 bits per heavy atom. The van der Waals surface area contributed by atoms with E-state index in [4.69, 9.17) is 0 Å². The molecule has 2 rings (SSSR count). The molecule has 0 aromatic carbocycles. The van der Waals surface area contributed by atoms with Gasteiger partial charge in [-0.1, -0.05) is 6.08 Å². The predicted octanol–water partition coefficient (Wildman–Crippen LogP) is 1.74. The molecule has 1 aliphatic heterocycles. The Morgan fingerprint density at radius 3 is 2.85 bits per heavy atom. The van der Waals surface area contributed by atoms with Crippen molar-refractivity contribution in [3.63, 3.8) is 0 Å². The van der Waals surface area contributed by atoms with Crippen LogP contribution in [0.25, 0.3) is 5.70 Å². The Bertz CT molecular complexity index is 470. The van der Waals surface area contributed by atoms with Crippen molar-refractivity contribution >= 4 is 27.1 Å². The van der Waals surface area contributed by atoms with Crippen LogP contribution >= 0.6 is 11.3 Å². The fourth-order valence-corrected chi connectivity index (χ4v) is 4.22. The maximum absolute atomic E-state index is 11.7. The molecule has 0 amide bonds. The van der Waals surface area contributed by atoms with Crippen molar-refractivity contribution in [2.45, 2.75) is 11.1 Å². The highest BCUT2D eigenvalue weighted by Crippen LogP contribution is 2.40. The van der Waals surface area contributed by atoms with E-state index in [1.54, 1.807) is 12.4 Å². The lowest BCUT2D eigenvalue weighted by atomic mass is 10.2. The largest absolute Gasteiger partial charge is 0.274 e. The number of nitrogens with zero attached hydrogens (tertiary/aromatic N) is 1. The first-order chi connectivity index (χ1) is 6.09. The van der Waals surface area contributed by atoms with Crippen molar-refractivity contribution in [1.82, 2.24) is 4.31 Å². The number of hydrogen-bond donors (Lipinski definition) is 0. The molecule has 1 aromatic rings. The molecule has 0 N–H and O–H groups in total. The smallest absolute Gasteiger partial charge is 0.268 e. The third-order valence-corrected chi connectivity index (χ3v) is 5.35. The first kappa shape index (κ1) is 8.77. The van der Waals surface area contributed by atoms with Crippen molar-refractivity contribution in [3.8, 4) is 0 Å². The summed E-state index contributed by atoms with van der Waals surface area (Å²) in [6.45, 7) is 1.84. The lowest BCUT2D eigenvalue weighted by Gasteiger charge is -2.11.